The molecule has 0 spiro atoms. The Morgan fingerprint density at radius 2 is 2.11 bits per heavy atom. The monoisotopic (exact) mass is 249 g/mol. The fraction of sp³-hybridized carbons (Fsp3) is 0.462. The number of nitrogens with one attached hydrogen (secondary N) is 2. The lowest BCUT2D eigenvalue weighted by molar-refractivity contribution is 0.204. The molecule has 1 fully saturated rings. The number of amides is 2. The van der Waals surface area contributed by atoms with Gasteiger partial charge in [0.05, 0.1) is 7.11 Å². The summed E-state index contributed by atoms with van der Waals surface area (Å²) >= 11 is 0. The summed E-state index contributed by atoms with van der Waals surface area (Å²) in [5.41, 5.74) is 1.83. The molecule has 0 bridgehead atoms. The van der Waals surface area contributed by atoms with Crippen molar-refractivity contribution >= 4 is 11.7 Å². The van der Waals surface area contributed by atoms with Crippen LogP contribution in [0.2, 0.25) is 0 Å². The summed E-state index contributed by atoms with van der Waals surface area (Å²) < 4.78 is 5.14. The van der Waals surface area contributed by atoms with Crippen LogP contribution in [-0.4, -0.2) is 44.2 Å². The number of nitrogens with zero attached hydrogens (tertiary/aromatic N) is 1. The molecule has 2 amide bonds. The summed E-state index contributed by atoms with van der Waals surface area (Å²) in [4.78, 5) is 13.8. The van der Waals surface area contributed by atoms with Gasteiger partial charge < -0.3 is 20.3 Å². The van der Waals surface area contributed by atoms with Crippen LogP contribution in [0, 0.1) is 6.92 Å². The molecule has 1 saturated heterocycles. The van der Waals surface area contributed by atoms with Gasteiger partial charge in [-0.05, 0) is 30.7 Å². The van der Waals surface area contributed by atoms with Gasteiger partial charge in [-0.1, -0.05) is 0 Å². The van der Waals surface area contributed by atoms with Crippen LogP contribution < -0.4 is 15.4 Å². The molecule has 0 aromatic heterocycles. The number of carbonyl (C=O) groups excluding carboxylic acids is 1. The van der Waals surface area contributed by atoms with E-state index in [0.717, 1.165) is 43.2 Å². The highest BCUT2D eigenvalue weighted by Gasteiger charge is 2.16. The fourth-order valence-corrected chi connectivity index (χ4v) is 1.97. The number of hydrogen-bond donors (Lipinski definition) is 2. The fourth-order valence-electron chi connectivity index (χ4n) is 1.97. The van der Waals surface area contributed by atoms with Gasteiger partial charge in [0.25, 0.3) is 0 Å². The van der Waals surface area contributed by atoms with E-state index in [0.29, 0.717) is 0 Å². The number of methoxy groups -OCH3 is 1. The van der Waals surface area contributed by atoms with Crippen molar-refractivity contribution in [2.75, 3.05) is 38.6 Å². The first-order valence-corrected chi connectivity index (χ1v) is 6.12. The second kappa shape index (κ2) is 5.73. The third-order valence-electron chi connectivity index (χ3n) is 3.08. The van der Waals surface area contributed by atoms with Crippen LogP contribution in [0.1, 0.15) is 5.56 Å². The number of rotatable bonds is 2. The van der Waals surface area contributed by atoms with Crippen molar-refractivity contribution in [1.29, 1.82) is 0 Å². The summed E-state index contributed by atoms with van der Waals surface area (Å²) in [6.45, 7) is 5.17. The van der Waals surface area contributed by atoms with Crippen LogP contribution >= 0.6 is 0 Å². The maximum Gasteiger partial charge on any atom is 0.321 e. The van der Waals surface area contributed by atoms with Gasteiger partial charge in [0.1, 0.15) is 5.75 Å². The van der Waals surface area contributed by atoms with Crippen molar-refractivity contribution in [3.63, 3.8) is 0 Å². The summed E-state index contributed by atoms with van der Waals surface area (Å²) in [5, 5.41) is 6.16. The van der Waals surface area contributed by atoms with Crippen LogP contribution in [0.15, 0.2) is 18.2 Å². The summed E-state index contributed by atoms with van der Waals surface area (Å²) in [6, 6.07) is 5.59. The van der Waals surface area contributed by atoms with Crippen molar-refractivity contribution in [2.24, 2.45) is 0 Å². The van der Waals surface area contributed by atoms with Crippen LogP contribution in [0.5, 0.6) is 5.75 Å². The first-order valence-electron chi connectivity index (χ1n) is 6.12. The van der Waals surface area contributed by atoms with Gasteiger partial charge in [-0.25, -0.2) is 4.79 Å². The Bertz CT molecular complexity index is 428. The molecule has 5 nitrogen and oxygen atoms in total. The van der Waals surface area contributed by atoms with Crippen molar-refractivity contribution in [3.05, 3.63) is 23.8 Å². The van der Waals surface area contributed by atoms with E-state index in [2.05, 4.69) is 10.6 Å². The van der Waals surface area contributed by atoms with Crippen LogP contribution in [0.3, 0.4) is 0 Å². The van der Waals surface area contributed by atoms with Gasteiger partial charge in [0, 0.05) is 31.9 Å². The van der Waals surface area contributed by atoms with Crippen molar-refractivity contribution < 1.29 is 9.53 Å². The summed E-state index contributed by atoms with van der Waals surface area (Å²) in [5.74, 6) is 0.799. The molecule has 2 N–H and O–H groups in total. The third kappa shape index (κ3) is 2.92. The van der Waals surface area contributed by atoms with E-state index in [4.69, 9.17) is 4.74 Å². The zero-order valence-electron chi connectivity index (χ0n) is 10.8. The normalized spacial score (nSPS) is 15.3. The number of aryl methyl sites for hydroxylation is 1. The van der Waals surface area contributed by atoms with Gasteiger partial charge in [0.15, 0.2) is 0 Å². The molecule has 0 unspecified atom stereocenters. The number of anilines is 1. The Morgan fingerprint density at radius 3 is 2.72 bits per heavy atom. The molecule has 0 radical (unpaired) electrons. The molecule has 2 rings (SSSR count). The first kappa shape index (κ1) is 12.7. The third-order valence-corrected chi connectivity index (χ3v) is 3.08. The molecular weight excluding hydrogens is 230 g/mol. The molecule has 98 valence electrons. The molecule has 1 aliphatic heterocycles. The van der Waals surface area contributed by atoms with Gasteiger partial charge in [-0.2, -0.15) is 0 Å². The number of piperazine rings is 1. The summed E-state index contributed by atoms with van der Waals surface area (Å²) in [6.07, 6.45) is 0. The van der Waals surface area contributed by atoms with Gasteiger partial charge in [-0.3, -0.25) is 0 Å². The Balaban J connectivity index is 2.02. The van der Waals surface area contributed by atoms with Gasteiger partial charge in [0.2, 0.25) is 0 Å². The van der Waals surface area contributed by atoms with E-state index >= 15 is 0 Å². The van der Waals surface area contributed by atoms with E-state index < -0.39 is 0 Å². The largest absolute Gasteiger partial charge is 0.497 e. The lowest BCUT2D eigenvalue weighted by Gasteiger charge is -2.27. The van der Waals surface area contributed by atoms with E-state index in [1.807, 2.05) is 30.0 Å². The maximum absolute atomic E-state index is 12.0. The summed E-state index contributed by atoms with van der Waals surface area (Å²) in [7, 11) is 1.63. The predicted molar refractivity (Wildman–Crippen MR) is 71.2 cm³/mol. The Morgan fingerprint density at radius 1 is 1.39 bits per heavy atom. The highest BCUT2D eigenvalue weighted by Crippen LogP contribution is 2.21. The van der Waals surface area contributed by atoms with Crippen molar-refractivity contribution in [1.82, 2.24) is 10.2 Å². The molecule has 0 saturated carbocycles. The second-order valence-electron chi connectivity index (χ2n) is 4.35. The molecule has 1 aromatic carbocycles. The average molecular weight is 249 g/mol. The molecule has 0 atom stereocenters. The standard InChI is InChI=1S/C13H19N3O2/c1-10-9-11(18-2)3-4-12(10)15-13(17)16-7-5-14-6-8-16/h3-4,9,14H,5-8H2,1-2H3,(H,15,17). The van der Waals surface area contributed by atoms with E-state index in [1.165, 1.54) is 0 Å². The predicted octanol–water partition coefficient (Wildman–Crippen LogP) is 1.44. The average Bonchev–Trinajstić information content (AvgIpc) is 2.42. The second-order valence-corrected chi connectivity index (χ2v) is 4.35. The quantitative estimate of drug-likeness (QED) is 0.834. The van der Waals surface area contributed by atoms with Gasteiger partial charge in [-0.15, -0.1) is 0 Å². The lowest BCUT2D eigenvalue weighted by Crippen LogP contribution is -2.48. The van der Waals surface area contributed by atoms with E-state index in [9.17, 15) is 4.79 Å². The Hall–Kier alpha value is -1.75. The number of hydrogen-bond acceptors (Lipinski definition) is 3. The van der Waals surface area contributed by atoms with Gasteiger partial charge >= 0.3 is 6.03 Å². The van der Waals surface area contributed by atoms with Crippen LogP contribution in [-0.2, 0) is 0 Å². The minimum atomic E-state index is -0.0373. The number of ether oxygens (including phenoxy) is 1. The molecule has 0 aliphatic carbocycles. The van der Waals surface area contributed by atoms with Crippen LogP contribution in [0.4, 0.5) is 10.5 Å². The van der Waals surface area contributed by atoms with E-state index in [1.54, 1.807) is 7.11 Å². The Labute approximate surface area is 107 Å². The molecule has 1 heterocycles. The lowest BCUT2D eigenvalue weighted by atomic mass is 10.2. The highest BCUT2D eigenvalue weighted by molar-refractivity contribution is 5.90. The first-order chi connectivity index (χ1) is 8.70. The Kier molecular flexibility index (Phi) is 4.04. The SMILES string of the molecule is COc1ccc(NC(=O)N2CCNCC2)c(C)c1. The topological polar surface area (TPSA) is 53.6 Å². The molecule has 1 aromatic rings. The molecule has 5 heteroatoms. The van der Waals surface area contributed by atoms with Crippen LogP contribution in [0.25, 0.3) is 0 Å². The number of urea groups is 1. The molecule has 18 heavy (non-hydrogen) atoms. The minimum Gasteiger partial charge on any atom is -0.497 e. The molecule has 1 aliphatic rings. The zero-order chi connectivity index (χ0) is 13.0. The van der Waals surface area contributed by atoms with E-state index in [-0.39, 0.29) is 6.03 Å². The van der Waals surface area contributed by atoms with Crippen molar-refractivity contribution in [3.8, 4) is 5.75 Å². The molecular formula is C13H19N3O2. The smallest absolute Gasteiger partial charge is 0.321 e. The number of benzene rings is 1. The highest BCUT2D eigenvalue weighted by atomic mass is 16.5. The zero-order valence-corrected chi connectivity index (χ0v) is 10.8. The minimum absolute atomic E-state index is 0.0373. The van der Waals surface area contributed by atoms with Crippen molar-refractivity contribution in [2.45, 2.75) is 6.92 Å². The number of carbonyl (C=O) groups is 1. The maximum atomic E-state index is 12.0.